The second kappa shape index (κ2) is 4.98. The summed E-state index contributed by atoms with van der Waals surface area (Å²) in [7, 11) is 0. The summed E-state index contributed by atoms with van der Waals surface area (Å²) in [6.45, 7) is 9.08. The van der Waals surface area contributed by atoms with Crippen LogP contribution in [0.3, 0.4) is 0 Å². The first-order valence-electron chi connectivity index (χ1n) is 8.05. The van der Waals surface area contributed by atoms with E-state index in [9.17, 15) is 0 Å². The number of benzene rings is 1. The summed E-state index contributed by atoms with van der Waals surface area (Å²) in [6.07, 6.45) is 5.41. The van der Waals surface area contributed by atoms with Gasteiger partial charge >= 0.3 is 0 Å². The van der Waals surface area contributed by atoms with E-state index in [2.05, 4.69) is 51.2 Å². The molecule has 1 saturated carbocycles. The number of hydrogen-bond donors (Lipinski definition) is 1. The molecule has 1 N–H and O–H groups in total. The van der Waals surface area contributed by atoms with Crippen LogP contribution in [0.4, 0.5) is 5.69 Å². The van der Waals surface area contributed by atoms with Gasteiger partial charge in [-0.05, 0) is 48.3 Å². The molecule has 0 bridgehead atoms. The van der Waals surface area contributed by atoms with Crippen LogP contribution >= 0.6 is 0 Å². The lowest BCUT2D eigenvalue weighted by atomic mass is 9.81. The van der Waals surface area contributed by atoms with Crippen molar-refractivity contribution in [1.29, 1.82) is 0 Å². The van der Waals surface area contributed by atoms with Crippen LogP contribution in [0.1, 0.15) is 58.9 Å². The minimum atomic E-state index is 0.187. The van der Waals surface area contributed by atoms with E-state index in [0.717, 1.165) is 11.7 Å². The first-order valence-corrected chi connectivity index (χ1v) is 8.05. The Kier molecular flexibility index (Phi) is 3.43. The molecule has 0 spiro atoms. The summed E-state index contributed by atoms with van der Waals surface area (Å²) in [4.78, 5) is 0. The van der Waals surface area contributed by atoms with Gasteiger partial charge in [-0.2, -0.15) is 0 Å². The Balaban J connectivity index is 1.84. The van der Waals surface area contributed by atoms with Gasteiger partial charge in [0, 0.05) is 0 Å². The minimum absolute atomic E-state index is 0.187. The molecule has 2 heteroatoms. The summed E-state index contributed by atoms with van der Waals surface area (Å²) in [5.74, 6) is 1.90. The predicted molar refractivity (Wildman–Crippen MR) is 84.6 cm³/mol. The minimum Gasteiger partial charge on any atom is -0.486 e. The maximum absolute atomic E-state index is 6.23. The highest BCUT2D eigenvalue weighted by Gasteiger charge is 2.35. The topological polar surface area (TPSA) is 21.3 Å². The maximum Gasteiger partial charge on any atom is 0.142 e. The lowest BCUT2D eigenvalue weighted by Gasteiger charge is -2.41. The fraction of sp³-hybridized carbons (Fsp3) is 0.667. The molecule has 1 aliphatic carbocycles. The normalized spacial score (nSPS) is 28.9. The van der Waals surface area contributed by atoms with E-state index in [1.54, 1.807) is 0 Å². The van der Waals surface area contributed by atoms with Crippen molar-refractivity contribution in [3.63, 3.8) is 0 Å². The van der Waals surface area contributed by atoms with Crippen molar-refractivity contribution in [3.05, 3.63) is 23.8 Å². The van der Waals surface area contributed by atoms with Gasteiger partial charge in [0.2, 0.25) is 0 Å². The molecule has 1 fully saturated rings. The van der Waals surface area contributed by atoms with Crippen molar-refractivity contribution in [2.24, 2.45) is 5.92 Å². The van der Waals surface area contributed by atoms with E-state index >= 15 is 0 Å². The molecule has 0 amide bonds. The smallest absolute Gasteiger partial charge is 0.142 e. The Morgan fingerprint density at radius 2 is 2.05 bits per heavy atom. The zero-order chi connectivity index (χ0) is 14.3. The highest BCUT2D eigenvalue weighted by atomic mass is 16.5. The molecule has 110 valence electrons. The second-order valence-corrected chi connectivity index (χ2v) is 7.46. The fourth-order valence-electron chi connectivity index (χ4n) is 3.47. The van der Waals surface area contributed by atoms with Gasteiger partial charge in [0.05, 0.1) is 11.7 Å². The summed E-state index contributed by atoms with van der Waals surface area (Å²) in [5.41, 5.74) is 2.75. The third kappa shape index (κ3) is 2.53. The third-order valence-corrected chi connectivity index (χ3v) is 4.94. The molecule has 3 atom stereocenters. The Morgan fingerprint density at radius 1 is 1.25 bits per heavy atom. The van der Waals surface area contributed by atoms with Crippen molar-refractivity contribution in [2.75, 3.05) is 5.32 Å². The van der Waals surface area contributed by atoms with E-state index in [-0.39, 0.29) is 5.41 Å². The van der Waals surface area contributed by atoms with Gasteiger partial charge in [0.15, 0.2) is 0 Å². The Labute approximate surface area is 122 Å². The second-order valence-electron chi connectivity index (χ2n) is 7.46. The van der Waals surface area contributed by atoms with Crippen molar-refractivity contribution in [1.82, 2.24) is 0 Å². The molecule has 3 unspecified atom stereocenters. The molecule has 0 radical (unpaired) electrons. The molecule has 0 saturated heterocycles. The van der Waals surface area contributed by atoms with Crippen LogP contribution in [0.15, 0.2) is 18.2 Å². The zero-order valence-corrected chi connectivity index (χ0v) is 13.2. The lowest BCUT2D eigenvalue weighted by Crippen LogP contribution is -2.45. The SMILES string of the molecule is CCC1CCC2Oc3ccc(C(C)(C)C)cc3NC2C1. The van der Waals surface area contributed by atoms with Gasteiger partial charge in [-0.15, -0.1) is 0 Å². The quantitative estimate of drug-likeness (QED) is 0.798. The third-order valence-electron chi connectivity index (χ3n) is 4.94. The van der Waals surface area contributed by atoms with Crippen molar-refractivity contribution >= 4 is 5.69 Å². The predicted octanol–water partition coefficient (Wildman–Crippen LogP) is 4.74. The highest BCUT2D eigenvalue weighted by molar-refractivity contribution is 5.61. The number of nitrogens with one attached hydrogen (secondary N) is 1. The van der Waals surface area contributed by atoms with E-state index in [4.69, 9.17) is 4.74 Å². The van der Waals surface area contributed by atoms with Gasteiger partial charge in [-0.3, -0.25) is 0 Å². The fourth-order valence-corrected chi connectivity index (χ4v) is 3.47. The summed E-state index contributed by atoms with van der Waals surface area (Å²) < 4.78 is 6.23. The van der Waals surface area contributed by atoms with Gasteiger partial charge in [-0.1, -0.05) is 40.2 Å². The van der Waals surface area contributed by atoms with Gasteiger partial charge in [-0.25, -0.2) is 0 Å². The van der Waals surface area contributed by atoms with Crippen molar-refractivity contribution in [2.45, 2.75) is 70.9 Å². The van der Waals surface area contributed by atoms with E-state index in [1.165, 1.54) is 36.9 Å². The molecule has 1 heterocycles. The zero-order valence-electron chi connectivity index (χ0n) is 13.2. The largest absolute Gasteiger partial charge is 0.486 e. The van der Waals surface area contributed by atoms with Crippen molar-refractivity contribution in [3.8, 4) is 5.75 Å². The summed E-state index contributed by atoms with van der Waals surface area (Å²) >= 11 is 0. The molecule has 1 aromatic carbocycles. The number of rotatable bonds is 1. The van der Waals surface area contributed by atoms with Crippen LogP contribution in [-0.4, -0.2) is 12.1 Å². The van der Waals surface area contributed by atoms with Crippen LogP contribution in [-0.2, 0) is 5.41 Å². The molecule has 20 heavy (non-hydrogen) atoms. The molecule has 1 aliphatic heterocycles. The van der Waals surface area contributed by atoms with Crippen molar-refractivity contribution < 1.29 is 4.74 Å². The molecule has 3 rings (SSSR count). The first kappa shape index (κ1) is 13.8. The van der Waals surface area contributed by atoms with Crippen LogP contribution in [0, 0.1) is 5.92 Å². The Morgan fingerprint density at radius 3 is 2.75 bits per heavy atom. The van der Waals surface area contributed by atoms with E-state index < -0.39 is 0 Å². The number of hydrogen-bond acceptors (Lipinski definition) is 2. The van der Waals surface area contributed by atoms with Gasteiger partial charge < -0.3 is 10.1 Å². The average Bonchev–Trinajstić information content (AvgIpc) is 2.42. The molecule has 2 nitrogen and oxygen atoms in total. The Bertz CT molecular complexity index is 489. The monoisotopic (exact) mass is 273 g/mol. The molecular weight excluding hydrogens is 246 g/mol. The first-order chi connectivity index (χ1) is 9.47. The number of anilines is 1. The van der Waals surface area contributed by atoms with Crippen LogP contribution in [0.2, 0.25) is 0 Å². The maximum atomic E-state index is 6.23. The average molecular weight is 273 g/mol. The molecule has 2 aliphatic rings. The molecular formula is C18H27NO. The standard InChI is InChI=1S/C18H27NO/c1-5-12-6-8-16-14(10-12)19-15-11-13(18(2,3)4)7-9-17(15)20-16/h7,9,11-12,14,16,19H,5-6,8,10H2,1-4H3. The summed E-state index contributed by atoms with van der Waals surface area (Å²) in [6, 6.07) is 7.13. The van der Waals surface area contributed by atoms with Crippen LogP contribution in [0.5, 0.6) is 5.75 Å². The van der Waals surface area contributed by atoms with Gasteiger partial charge in [0.25, 0.3) is 0 Å². The van der Waals surface area contributed by atoms with E-state index in [0.29, 0.717) is 12.1 Å². The Hall–Kier alpha value is -1.18. The number of fused-ring (bicyclic) bond motifs is 2. The lowest BCUT2D eigenvalue weighted by molar-refractivity contribution is 0.107. The highest BCUT2D eigenvalue weighted by Crippen LogP contribution is 2.40. The number of ether oxygens (including phenoxy) is 1. The van der Waals surface area contributed by atoms with Crippen LogP contribution < -0.4 is 10.1 Å². The van der Waals surface area contributed by atoms with Gasteiger partial charge in [0.1, 0.15) is 11.9 Å². The molecule has 0 aromatic heterocycles. The van der Waals surface area contributed by atoms with E-state index in [1.807, 2.05) is 0 Å². The van der Waals surface area contributed by atoms with Crippen LogP contribution in [0.25, 0.3) is 0 Å². The summed E-state index contributed by atoms with van der Waals surface area (Å²) in [5, 5.41) is 3.75. The molecule has 1 aromatic rings.